The van der Waals surface area contributed by atoms with E-state index >= 15 is 0 Å². The molecule has 1 aliphatic rings. The summed E-state index contributed by atoms with van der Waals surface area (Å²) in [6, 6.07) is 9.46. The number of amides is 1. The third-order valence-electron chi connectivity index (χ3n) is 4.31. The summed E-state index contributed by atoms with van der Waals surface area (Å²) >= 11 is 0. The lowest BCUT2D eigenvalue weighted by molar-refractivity contribution is -0.141. The molecule has 0 aliphatic carbocycles. The number of hydrogen-bond acceptors (Lipinski definition) is 4. The number of carbonyl (C=O) groups excluding carboxylic acids is 1. The number of ether oxygens (including phenoxy) is 1. The summed E-state index contributed by atoms with van der Waals surface area (Å²) in [6.07, 6.45) is -1.65. The van der Waals surface area contributed by atoms with Gasteiger partial charge in [0.05, 0.1) is 6.04 Å². The molecule has 4 rings (SSSR count). The van der Waals surface area contributed by atoms with E-state index in [4.69, 9.17) is 4.74 Å². The minimum atomic E-state index is -4.71. The number of fused-ring (bicyclic) bond motifs is 2. The average molecular weight is 387 g/mol. The van der Waals surface area contributed by atoms with Gasteiger partial charge in [-0.1, -0.05) is 18.2 Å². The van der Waals surface area contributed by atoms with Crippen LogP contribution in [-0.2, 0) is 6.18 Å². The zero-order valence-corrected chi connectivity index (χ0v) is 14.1. The fraction of sp³-hybridized carbons (Fsp3) is 0.105. The molecule has 0 fully saturated rings. The second-order valence-corrected chi connectivity index (χ2v) is 6.07. The summed E-state index contributed by atoms with van der Waals surface area (Å²) in [5.41, 5.74) is -1.57. The van der Waals surface area contributed by atoms with Crippen LogP contribution in [0.5, 0.6) is 11.5 Å². The summed E-state index contributed by atoms with van der Waals surface area (Å²) in [7, 11) is 0. The van der Waals surface area contributed by atoms with Gasteiger partial charge in [0.25, 0.3) is 11.5 Å². The molecule has 2 N–H and O–H groups in total. The number of alkyl halides is 3. The Morgan fingerprint density at radius 2 is 1.82 bits per heavy atom. The lowest BCUT2D eigenvalue weighted by Gasteiger charge is -2.28. The number of rotatable bonds is 2. The highest BCUT2D eigenvalue weighted by Crippen LogP contribution is 2.42. The largest absolute Gasteiger partial charge is 0.456 e. The van der Waals surface area contributed by atoms with Crippen LogP contribution < -0.4 is 15.6 Å². The number of aromatic amines is 1. The van der Waals surface area contributed by atoms with Crippen LogP contribution in [0.3, 0.4) is 0 Å². The van der Waals surface area contributed by atoms with Gasteiger partial charge in [-0.3, -0.25) is 14.6 Å². The maximum Gasteiger partial charge on any atom is 0.431 e. The van der Waals surface area contributed by atoms with Crippen molar-refractivity contribution in [2.45, 2.75) is 12.2 Å². The smallest absolute Gasteiger partial charge is 0.431 e. The second-order valence-electron chi connectivity index (χ2n) is 6.07. The van der Waals surface area contributed by atoms with Gasteiger partial charge < -0.3 is 15.0 Å². The Morgan fingerprint density at radius 1 is 1.07 bits per heavy atom. The molecule has 9 heteroatoms. The molecule has 0 bridgehead atoms. The molecule has 0 saturated carbocycles. The average Bonchev–Trinajstić information content (AvgIpc) is 2.67. The van der Waals surface area contributed by atoms with Crippen LogP contribution in [0.2, 0.25) is 0 Å². The van der Waals surface area contributed by atoms with Crippen LogP contribution in [-0.4, -0.2) is 15.9 Å². The van der Waals surface area contributed by atoms with E-state index in [9.17, 15) is 22.8 Å². The zero-order valence-electron chi connectivity index (χ0n) is 14.1. The Balaban J connectivity index is 1.70. The van der Waals surface area contributed by atoms with Crippen molar-refractivity contribution in [3.63, 3.8) is 0 Å². The Kier molecular flexibility index (Phi) is 4.14. The first-order valence-corrected chi connectivity index (χ1v) is 8.16. The molecular weight excluding hydrogens is 375 g/mol. The van der Waals surface area contributed by atoms with E-state index in [2.05, 4.69) is 10.3 Å². The van der Waals surface area contributed by atoms with Crippen LogP contribution in [0.1, 0.15) is 33.2 Å². The quantitative estimate of drug-likeness (QED) is 0.706. The van der Waals surface area contributed by atoms with Crippen LogP contribution in [0.15, 0.2) is 59.7 Å². The van der Waals surface area contributed by atoms with Gasteiger partial charge in [-0.25, -0.2) is 0 Å². The Hall–Kier alpha value is -3.62. The molecule has 3 heterocycles. The van der Waals surface area contributed by atoms with Gasteiger partial charge >= 0.3 is 6.18 Å². The van der Waals surface area contributed by atoms with Crippen molar-refractivity contribution >= 4 is 5.91 Å². The number of nitrogens with zero attached hydrogens (tertiary/aromatic N) is 1. The number of nitrogens with one attached hydrogen (secondary N) is 2. The van der Waals surface area contributed by atoms with E-state index in [-0.39, 0.29) is 0 Å². The molecule has 1 amide bonds. The van der Waals surface area contributed by atoms with E-state index in [1.807, 2.05) is 0 Å². The summed E-state index contributed by atoms with van der Waals surface area (Å²) in [6.45, 7) is 0. The van der Waals surface area contributed by atoms with Crippen molar-refractivity contribution in [2.24, 2.45) is 0 Å². The van der Waals surface area contributed by atoms with E-state index in [0.29, 0.717) is 28.7 Å². The highest BCUT2D eigenvalue weighted by molar-refractivity contribution is 5.94. The summed E-state index contributed by atoms with van der Waals surface area (Å²) in [4.78, 5) is 30.4. The monoisotopic (exact) mass is 387 g/mol. The van der Waals surface area contributed by atoms with Crippen molar-refractivity contribution in [3.05, 3.63) is 87.6 Å². The normalized spacial score (nSPS) is 15.2. The fourth-order valence-corrected chi connectivity index (χ4v) is 2.98. The molecule has 1 aliphatic heterocycles. The Bertz CT molecular complexity index is 1080. The van der Waals surface area contributed by atoms with Gasteiger partial charge in [0.1, 0.15) is 22.8 Å². The first-order chi connectivity index (χ1) is 13.3. The molecule has 1 unspecified atom stereocenters. The molecule has 0 saturated heterocycles. The number of benzene rings is 1. The maximum atomic E-state index is 12.7. The third kappa shape index (κ3) is 3.11. The first-order valence-electron chi connectivity index (χ1n) is 8.16. The van der Waals surface area contributed by atoms with E-state index in [0.717, 1.165) is 6.07 Å². The summed E-state index contributed by atoms with van der Waals surface area (Å²) < 4.78 is 43.9. The van der Waals surface area contributed by atoms with Gasteiger partial charge in [-0.05, 0) is 24.3 Å². The lowest BCUT2D eigenvalue weighted by atomic mass is 9.95. The highest BCUT2D eigenvalue weighted by atomic mass is 19.4. The minimum Gasteiger partial charge on any atom is -0.456 e. The number of H-pyrrole nitrogens is 1. The minimum absolute atomic E-state index is 0.428. The lowest BCUT2D eigenvalue weighted by Crippen LogP contribution is -2.35. The molecule has 1 atom stereocenters. The standard InChI is InChI=1S/C19H12F3N3O3/c20-19(21,22)15-6-5-11(17(26)24-15)18(27)25-16-10-3-1-2-4-13(10)28-14-7-8-23-9-12(14)16/h1-9,16H,(H,24,26)(H,25,27). The molecule has 2 aromatic heterocycles. The van der Waals surface area contributed by atoms with E-state index in [1.165, 1.54) is 12.4 Å². The predicted octanol–water partition coefficient (Wildman–Crippen LogP) is 3.41. The number of halogens is 3. The predicted molar refractivity (Wildman–Crippen MR) is 92.1 cm³/mol. The SMILES string of the molecule is O=C(NC1c2ccccc2Oc2ccncc21)c1ccc(C(F)(F)F)[nH]c1=O. The molecule has 0 radical (unpaired) electrons. The molecular formula is C19H12F3N3O3. The molecule has 142 valence electrons. The summed E-state index contributed by atoms with van der Waals surface area (Å²) in [5.74, 6) is 0.194. The number of carbonyl (C=O) groups is 1. The van der Waals surface area contributed by atoms with Gasteiger partial charge in [-0.2, -0.15) is 13.2 Å². The van der Waals surface area contributed by atoms with Gasteiger partial charge in [0.2, 0.25) is 0 Å². The van der Waals surface area contributed by atoms with E-state index in [1.54, 1.807) is 35.3 Å². The molecule has 3 aromatic rings. The maximum absolute atomic E-state index is 12.7. The van der Waals surface area contributed by atoms with Gasteiger partial charge in [0.15, 0.2) is 0 Å². The van der Waals surface area contributed by atoms with Crippen LogP contribution in [0.25, 0.3) is 0 Å². The van der Waals surface area contributed by atoms with Crippen molar-refractivity contribution < 1.29 is 22.7 Å². The van der Waals surface area contributed by atoms with Crippen molar-refractivity contribution in [1.29, 1.82) is 0 Å². The molecule has 0 spiro atoms. The number of pyridine rings is 2. The second kappa shape index (κ2) is 6.52. The number of para-hydroxylation sites is 1. The van der Waals surface area contributed by atoms with Gasteiger partial charge in [0, 0.05) is 23.5 Å². The van der Waals surface area contributed by atoms with Crippen LogP contribution >= 0.6 is 0 Å². The van der Waals surface area contributed by atoms with Crippen molar-refractivity contribution in [1.82, 2.24) is 15.3 Å². The van der Waals surface area contributed by atoms with Crippen LogP contribution in [0, 0.1) is 0 Å². The van der Waals surface area contributed by atoms with Gasteiger partial charge in [-0.15, -0.1) is 0 Å². The molecule has 1 aromatic carbocycles. The topological polar surface area (TPSA) is 84.1 Å². The Morgan fingerprint density at radius 3 is 2.57 bits per heavy atom. The van der Waals surface area contributed by atoms with Crippen molar-refractivity contribution in [2.75, 3.05) is 0 Å². The zero-order chi connectivity index (χ0) is 19.9. The van der Waals surface area contributed by atoms with E-state index < -0.39 is 34.9 Å². The number of hydrogen-bond donors (Lipinski definition) is 2. The third-order valence-corrected chi connectivity index (χ3v) is 4.31. The summed E-state index contributed by atoms with van der Waals surface area (Å²) in [5, 5.41) is 2.69. The molecule has 28 heavy (non-hydrogen) atoms. The number of aromatic nitrogens is 2. The highest BCUT2D eigenvalue weighted by Gasteiger charge is 2.33. The Labute approximate surface area is 156 Å². The molecule has 6 nitrogen and oxygen atoms in total. The fourth-order valence-electron chi connectivity index (χ4n) is 2.98. The van der Waals surface area contributed by atoms with Crippen molar-refractivity contribution in [3.8, 4) is 11.5 Å². The van der Waals surface area contributed by atoms with Crippen LogP contribution in [0.4, 0.5) is 13.2 Å². The first kappa shape index (κ1) is 17.8.